The van der Waals surface area contributed by atoms with Gasteiger partial charge in [0.05, 0.1) is 0 Å². The highest BCUT2D eigenvalue weighted by molar-refractivity contribution is 5.98. The molecule has 5 heteroatoms. The lowest BCUT2D eigenvalue weighted by atomic mass is 9.87. The summed E-state index contributed by atoms with van der Waals surface area (Å²) in [5, 5.41) is 2.79. The van der Waals surface area contributed by atoms with E-state index in [0.717, 1.165) is 16.8 Å². The van der Waals surface area contributed by atoms with E-state index in [1.165, 1.54) is 5.56 Å². The number of carbonyl (C=O) groups is 1. The zero-order valence-corrected chi connectivity index (χ0v) is 18.3. The monoisotopic (exact) mass is 403 g/mol. The number of carbonyl (C=O) groups excluding carboxylic acids is 1. The number of nitrogens with zero attached hydrogens (tertiary/aromatic N) is 2. The van der Waals surface area contributed by atoms with Crippen LogP contribution in [0.15, 0.2) is 65.6 Å². The van der Waals surface area contributed by atoms with Crippen molar-refractivity contribution in [2.45, 2.75) is 26.2 Å². The van der Waals surface area contributed by atoms with Crippen molar-refractivity contribution >= 4 is 11.6 Å². The second-order valence-corrected chi connectivity index (χ2v) is 8.46. The molecule has 0 fully saturated rings. The van der Waals surface area contributed by atoms with Gasteiger partial charge < -0.3 is 14.6 Å². The van der Waals surface area contributed by atoms with Crippen LogP contribution >= 0.6 is 0 Å². The van der Waals surface area contributed by atoms with Crippen LogP contribution in [0.1, 0.15) is 36.8 Å². The summed E-state index contributed by atoms with van der Waals surface area (Å²) in [6, 6.07) is 16.0. The molecule has 1 heterocycles. The number of anilines is 1. The molecule has 0 aliphatic carbocycles. The maximum Gasteiger partial charge on any atom is 0.274 e. The van der Waals surface area contributed by atoms with Gasteiger partial charge in [-0.05, 0) is 47.4 Å². The zero-order valence-electron chi connectivity index (χ0n) is 18.3. The van der Waals surface area contributed by atoms with Crippen LogP contribution in [-0.2, 0) is 5.41 Å². The van der Waals surface area contributed by atoms with Gasteiger partial charge in [-0.1, -0.05) is 39.0 Å². The minimum absolute atomic E-state index is 0.0597. The number of aromatic nitrogens is 1. The van der Waals surface area contributed by atoms with Gasteiger partial charge in [0, 0.05) is 37.5 Å². The third kappa shape index (κ3) is 4.62. The van der Waals surface area contributed by atoms with Crippen molar-refractivity contribution in [1.29, 1.82) is 0 Å². The van der Waals surface area contributed by atoms with Crippen LogP contribution in [0.3, 0.4) is 0 Å². The Hall–Kier alpha value is -3.34. The molecule has 0 spiro atoms. The first kappa shape index (κ1) is 21.4. The lowest BCUT2D eigenvalue weighted by Gasteiger charge is -2.18. The first-order valence-electron chi connectivity index (χ1n) is 9.99. The van der Waals surface area contributed by atoms with Gasteiger partial charge in [0.15, 0.2) is 11.5 Å². The van der Waals surface area contributed by atoms with Crippen LogP contribution in [0.5, 0.6) is 0 Å². The molecule has 0 radical (unpaired) electrons. The van der Waals surface area contributed by atoms with E-state index in [-0.39, 0.29) is 17.0 Å². The van der Waals surface area contributed by atoms with Gasteiger partial charge in [0.2, 0.25) is 5.89 Å². The Morgan fingerprint density at radius 2 is 1.67 bits per heavy atom. The SMILES string of the molecule is C=CCNC(=O)c1nc(-c2ccc(C(C)(C)C)cc2)oc1-c1ccc(N(C)C)cc1. The smallest absolute Gasteiger partial charge is 0.274 e. The van der Waals surface area contributed by atoms with Gasteiger partial charge in [-0.2, -0.15) is 0 Å². The van der Waals surface area contributed by atoms with Crippen LogP contribution in [0.2, 0.25) is 0 Å². The summed E-state index contributed by atoms with van der Waals surface area (Å²) in [6.07, 6.45) is 1.63. The Balaban J connectivity index is 2.03. The van der Waals surface area contributed by atoms with Gasteiger partial charge in [0.25, 0.3) is 5.91 Å². The van der Waals surface area contributed by atoms with Crippen molar-refractivity contribution in [3.8, 4) is 22.8 Å². The molecule has 1 amide bonds. The molecule has 0 atom stereocenters. The summed E-state index contributed by atoms with van der Waals surface area (Å²) in [5.41, 5.74) is 4.25. The van der Waals surface area contributed by atoms with Crippen molar-refractivity contribution in [1.82, 2.24) is 10.3 Å². The normalized spacial score (nSPS) is 11.2. The van der Waals surface area contributed by atoms with Crippen LogP contribution in [-0.4, -0.2) is 31.5 Å². The summed E-state index contributed by atoms with van der Waals surface area (Å²) in [6.45, 7) is 10.5. The first-order valence-corrected chi connectivity index (χ1v) is 9.99. The van der Waals surface area contributed by atoms with E-state index in [1.807, 2.05) is 55.4 Å². The van der Waals surface area contributed by atoms with E-state index in [1.54, 1.807) is 6.08 Å². The number of nitrogens with one attached hydrogen (secondary N) is 1. The third-order valence-corrected chi connectivity index (χ3v) is 4.89. The second kappa shape index (κ2) is 8.57. The van der Waals surface area contributed by atoms with E-state index >= 15 is 0 Å². The van der Waals surface area contributed by atoms with E-state index in [0.29, 0.717) is 18.2 Å². The summed E-state index contributed by atoms with van der Waals surface area (Å²) in [4.78, 5) is 19.3. The molecule has 5 nitrogen and oxygen atoms in total. The predicted octanol–water partition coefficient (Wildman–Crippen LogP) is 5.29. The lowest BCUT2D eigenvalue weighted by Crippen LogP contribution is -2.24. The molecule has 3 rings (SSSR count). The molecule has 30 heavy (non-hydrogen) atoms. The van der Waals surface area contributed by atoms with Crippen LogP contribution in [0.25, 0.3) is 22.8 Å². The Labute approximate surface area is 178 Å². The summed E-state index contributed by atoms with van der Waals surface area (Å²) < 4.78 is 6.10. The highest BCUT2D eigenvalue weighted by Gasteiger charge is 2.22. The average molecular weight is 404 g/mol. The molecule has 3 aromatic rings. The molecule has 0 unspecified atom stereocenters. The fourth-order valence-corrected chi connectivity index (χ4v) is 3.07. The molecular weight excluding hydrogens is 374 g/mol. The van der Waals surface area contributed by atoms with E-state index in [4.69, 9.17) is 4.42 Å². The fraction of sp³-hybridized carbons (Fsp3) is 0.280. The number of rotatable bonds is 6. The molecule has 0 saturated carbocycles. The van der Waals surface area contributed by atoms with E-state index < -0.39 is 0 Å². The fourth-order valence-electron chi connectivity index (χ4n) is 3.07. The maximum absolute atomic E-state index is 12.7. The van der Waals surface area contributed by atoms with Crippen molar-refractivity contribution in [2.24, 2.45) is 0 Å². The largest absolute Gasteiger partial charge is 0.435 e. The van der Waals surface area contributed by atoms with Crippen LogP contribution in [0, 0.1) is 0 Å². The second-order valence-electron chi connectivity index (χ2n) is 8.46. The average Bonchev–Trinajstić information content (AvgIpc) is 3.17. The van der Waals surface area contributed by atoms with Gasteiger partial charge in [0.1, 0.15) is 0 Å². The standard InChI is InChI=1S/C25H29N3O2/c1-7-16-26-23(29)21-22(17-10-14-20(15-11-17)28(5)6)30-24(27-21)18-8-12-19(13-9-18)25(2,3)4/h7-15H,1,16H2,2-6H3,(H,26,29). The molecule has 0 bridgehead atoms. The van der Waals surface area contributed by atoms with Crippen LogP contribution < -0.4 is 10.2 Å². The van der Waals surface area contributed by atoms with Gasteiger partial charge in [-0.15, -0.1) is 6.58 Å². The van der Waals surface area contributed by atoms with Gasteiger partial charge in [-0.25, -0.2) is 4.98 Å². The number of hydrogen-bond acceptors (Lipinski definition) is 4. The minimum Gasteiger partial charge on any atom is -0.435 e. The Morgan fingerprint density at radius 3 is 2.20 bits per heavy atom. The Bertz CT molecular complexity index is 1020. The highest BCUT2D eigenvalue weighted by atomic mass is 16.4. The Kier molecular flexibility index (Phi) is 6.11. The first-order chi connectivity index (χ1) is 14.2. The van der Waals surface area contributed by atoms with Gasteiger partial charge in [-0.3, -0.25) is 4.79 Å². The summed E-state index contributed by atoms with van der Waals surface area (Å²) >= 11 is 0. The van der Waals surface area contributed by atoms with Crippen LogP contribution in [0.4, 0.5) is 5.69 Å². The van der Waals surface area contributed by atoms with E-state index in [9.17, 15) is 4.79 Å². The molecule has 1 N–H and O–H groups in total. The topological polar surface area (TPSA) is 58.4 Å². The Morgan fingerprint density at radius 1 is 1.07 bits per heavy atom. The number of oxazole rings is 1. The van der Waals surface area contributed by atoms with Crippen molar-refractivity contribution in [3.05, 3.63) is 72.4 Å². The molecule has 0 aliphatic rings. The molecule has 0 saturated heterocycles. The predicted molar refractivity (Wildman–Crippen MR) is 123 cm³/mol. The maximum atomic E-state index is 12.7. The minimum atomic E-state index is -0.289. The van der Waals surface area contributed by atoms with E-state index in [2.05, 4.69) is 49.8 Å². The molecule has 0 aliphatic heterocycles. The zero-order chi connectivity index (χ0) is 21.9. The molecule has 2 aromatic carbocycles. The number of hydrogen-bond donors (Lipinski definition) is 1. The van der Waals surface area contributed by atoms with Crippen molar-refractivity contribution in [3.63, 3.8) is 0 Å². The molecule has 1 aromatic heterocycles. The quantitative estimate of drug-likeness (QED) is 0.568. The lowest BCUT2D eigenvalue weighted by molar-refractivity contribution is 0.0954. The number of amides is 1. The van der Waals surface area contributed by atoms with Gasteiger partial charge >= 0.3 is 0 Å². The third-order valence-electron chi connectivity index (χ3n) is 4.89. The molecular formula is C25H29N3O2. The molecule has 156 valence electrons. The summed E-state index contributed by atoms with van der Waals surface area (Å²) in [7, 11) is 3.97. The van der Waals surface area contributed by atoms with Crippen molar-refractivity contribution < 1.29 is 9.21 Å². The summed E-state index contributed by atoms with van der Waals surface area (Å²) in [5.74, 6) is 0.588. The highest BCUT2D eigenvalue weighted by Crippen LogP contribution is 2.32. The van der Waals surface area contributed by atoms with Crippen molar-refractivity contribution in [2.75, 3.05) is 25.5 Å². The number of benzene rings is 2.